The number of hydrogen-bond donors (Lipinski definition) is 1. The van der Waals surface area contributed by atoms with Crippen molar-refractivity contribution in [1.29, 1.82) is 0 Å². The van der Waals surface area contributed by atoms with E-state index in [4.69, 9.17) is 4.74 Å². The predicted octanol–water partition coefficient (Wildman–Crippen LogP) is 3.68. The van der Waals surface area contributed by atoms with Gasteiger partial charge in [0.15, 0.2) is 0 Å². The first kappa shape index (κ1) is 24.3. The molecule has 0 bridgehead atoms. The van der Waals surface area contributed by atoms with E-state index in [0.29, 0.717) is 39.1 Å². The zero-order valence-electron chi connectivity index (χ0n) is 19.0. The molecule has 0 saturated carbocycles. The molecule has 0 radical (unpaired) electrons. The molecule has 1 amide bonds. The van der Waals surface area contributed by atoms with Crippen LogP contribution < -0.4 is 10.1 Å². The van der Waals surface area contributed by atoms with Crippen molar-refractivity contribution in [2.24, 2.45) is 5.92 Å². The molecular formula is C25H34N2O4S. The fraction of sp³-hybridized carbons (Fsp3) is 0.480. The van der Waals surface area contributed by atoms with Crippen LogP contribution in [0.5, 0.6) is 5.75 Å². The van der Waals surface area contributed by atoms with Crippen LogP contribution in [0.25, 0.3) is 0 Å². The number of sulfonamides is 1. The molecule has 2 aromatic carbocycles. The van der Waals surface area contributed by atoms with Gasteiger partial charge in [-0.1, -0.05) is 48.0 Å². The molecule has 1 aliphatic rings. The zero-order valence-corrected chi connectivity index (χ0v) is 19.9. The van der Waals surface area contributed by atoms with Crippen LogP contribution in [-0.2, 0) is 27.0 Å². The van der Waals surface area contributed by atoms with Crippen molar-refractivity contribution in [2.45, 2.75) is 45.3 Å². The third kappa shape index (κ3) is 6.81. The summed E-state index contributed by atoms with van der Waals surface area (Å²) in [5.74, 6) is 0.809. The first-order valence-corrected chi connectivity index (χ1v) is 13.0. The summed E-state index contributed by atoms with van der Waals surface area (Å²) >= 11 is 0. The first-order valence-electron chi connectivity index (χ1n) is 11.4. The summed E-state index contributed by atoms with van der Waals surface area (Å²) in [6, 6.07) is 15.6. The average molecular weight is 459 g/mol. The van der Waals surface area contributed by atoms with Gasteiger partial charge in [0, 0.05) is 25.6 Å². The normalized spacial score (nSPS) is 15.4. The highest BCUT2D eigenvalue weighted by Gasteiger charge is 2.31. The molecule has 32 heavy (non-hydrogen) atoms. The van der Waals surface area contributed by atoms with Gasteiger partial charge in [0.2, 0.25) is 15.9 Å². The summed E-state index contributed by atoms with van der Waals surface area (Å²) in [4.78, 5) is 12.6. The largest absolute Gasteiger partial charge is 0.494 e. The Balaban J connectivity index is 1.41. The van der Waals surface area contributed by atoms with Crippen LogP contribution in [0.2, 0.25) is 0 Å². The van der Waals surface area contributed by atoms with E-state index in [0.717, 1.165) is 35.3 Å². The highest BCUT2D eigenvalue weighted by atomic mass is 32.2. The number of aryl methyl sites for hydroxylation is 2. The van der Waals surface area contributed by atoms with Gasteiger partial charge < -0.3 is 10.1 Å². The second-order valence-electron chi connectivity index (χ2n) is 8.35. The fourth-order valence-corrected chi connectivity index (χ4v) is 5.59. The minimum Gasteiger partial charge on any atom is -0.494 e. The van der Waals surface area contributed by atoms with Crippen molar-refractivity contribution in [3.63, 3.8) is 0 Å². The summed E-state index contributed by atoms with van der Waals surface area (Å²) in [6.07, 6.45) is 2.80. The van der Waals surface area contributed by atoms with Crippen molar-refractivity contribution in [1.82, 2.24) is 9.62 Å². The van der Waals surface area contributed by atoms with Crippen molar-refractivity contribution in [3.8, 4) is 5.75 Å². The summed E-state index contributed by atoms with van der Waals surface area (Å²) in [6.45, 7) is 5.98. The lowest BCUT2D eigenvalue weighted by Crippen LogP contribution is -2.43. The number of piperidine rings is 1. The number of nitrogens with zero attached hydrogens (tertiary/aromatic N) is 1. The van der Waals surface area contributed by atoms with Gasteiger partial charge in [-0.3, -0.25) is 4.79 Å². The van der Waals surface area contributed by atoms with Crippen LogP contribution in [0.4, 0.5) is 0 Å². The third-order valence-corrected chi connectivity index (χ3v) is 7.73. The molecule has 1 heterocycles. The second-order valence-corrected chi connectivity index (χ2v) is 10.3. The minimum absolute atomic E-state index is 0.00730. The van der Waals surface area contributed by atoms with E-state index < -0.39 is 10.0 Å². The van der Waals surface area contributed by atoms with Crippen molar-refractivity contribution in [2.75, 3.05) is 26.2 Å². The van der Waals surface area contributed by atoms with E-state index in [9.17, 15) is 13.2 Å². The molecule has 2 aromatic rings. The van der Waals surface area contributed by atoms with Crippen LogP contribution in [0.15, 0.2) is 48.5 Å². The molecule has 0 spiro atoms. The molecule has 0 aromatic heterocycles. The molecule has 6 nitrogen and oxygen atoms in total. The summed E-state index contributed by atoms with van der Waals surface area (Å²) < 4.78 is 32.7. The summed E-state index contributed by atoms with van der Waals surface area (Å²) in [5.41, 5.74) is 3.05. The standard InChI is InChI=1S/C25H34N2O4S/c1-3-31-24-9-5-4-7-22(24)8-6-16-26-25(28)23-14-17-27(18-15-23)32(29,30)19-21-12-10-20(2)11-13-21/h4-5,7,9-13,23H,3,6,8,14-19H2,1-2H3,(H,26,28). The number of hydrogen-bond acceptors (Lipinski definition) is 4. The smallest absolute Gasteiger partial charge is 0.223 e. The van der Waals surface area contributed by atoms with Crippen molar-refractivity contribution in [3.05, 3.63) is 65.2 Å². The predicted molar refractivity (Wildman–Crippen MR) is 127 cm³/mol. The van der Waals surface area contributed by atoms with Crippen LogP contribution in [0.1, 0.15) is 42.9 Å². The first-order chi connectivity index (χ1) is 15.4. The molecule has 1 aliphatic heterocycles. The Labute approximate surface area is 192 Å². The average Bonchev–Trinajstić information content (AvgIpc) is 2.79. The molecule has 0 atom stereocenters. The van der Waals surface area contributed by atoms with E-state index in [1.54, 1.807) is 0 Å². The van der Waals surface area contributed by atoms with Gasteiger partial charge in [0.25, 0.3) is 0 Å². The SMILES string of the molecule is CCOc1ccccc1CCCNC(=O)C1CCN(S(=O)(=O)Cc2ccc(C)cc2)CC1. The Morgan fingerprint density at radius 2 is 1.78 bits per heavy atom. The zero-order chi connectivity index (χ0) is 23.0. The molecule has 1 saturated heterocycles. The fourth-order valence-electron chi connectivity index (χ4n) is 4.02. The monoisotopic (exact) mass is 458 g/mol. The van der Waals surface area contributed by atoms with Gasteiger partial charge in [0.1, 0.15) is 5.75 Å². The van der Waals surface area contributed by atoms with E-state index in [-0.39, 0.29) is 17.6 Å². The van der Waals surface area contributed by atoms with Crippen LogP contribution in [-0.4, -0.2) is 44.9 Å². The maximum atomic E-state index is 12.8. The van der Waals surface area contributed by atoms with Crippen LogP contribution in [0, 0.1) is 12.8 Å². The van der Waals surface area contributed by atoms with E-state index in [2.05, 4.69) is 11.4 Å². The van der Waals surface area contributed by atoms with Gasteiger partial charge in [-0.05, 0) is 56.7 Å². The highest BCUT2D eigenvalue weighted by Crippen LogP contribution is 2.22. The van der Waals surface area contributed by atoms with Gasteiger partial charge >= 0.3 is 0 Å². The Kier molecular flexibility index (Phi) is 8.70. The highest BCUT2D eigenvalue weighted by molar-refractivity contribution is 7.88. The third-order valence-electron chi connectivity index (χ3n) is 5.88. The van der Waals surface area contributed by atoms with Gasteiger partial charge in [-0.15, -0.1) is 0 Å². The number of benzene rings is 2. The van der Waals surface area contributed by atoms with Crippen LogP contribution in [0.3, 0.4) is 0 Å². The lowest BCUT2D eigenvalue weighted by atomic mass is 9.97. The van der Waals surface area contributed by atoms with E-state index >= 15 is 0 Å². The number of carbonyl (C=O) groups excluding carboxylic acids is 1. The number of nitrogens with one attached hydrogen (secondary N) is 1. The molecule has 3 rings (SSSR count). The van der Waals surface area contributed by atoms with Crippen LogP contribution >= 0.6 is 0 Å². The van der Waals surface area contributed by atoms with Gasteiger partial charge in [-0.25, -0.2) is 12.7 Å². The quantitative estimate of drug-likeness (QED) is 0.551. The molecule has 1 fully saturated rings. The summed E-state index contributed by atoms with van der Waals surface area (Å²) in [5, 5.41) is 3.03. The molecular weight excluding hydrogens is 424 g/mol. The second kappa shape index (κ2) is 11.5. The Morgan fingerprint density at radius 3 is 2.47 bits per heavy atom. The number of ether oxygens (including phenoxy) is 1. The number of rotatable bonds is 10. The van der Waals surface area contributed by atoms with Crippen molar-refractivity contribution >= 4 is 15.9 Å². The lowest BCUT2D eigenvalue weighted by Gasteiger charge is -2.30. The number of para-hydroxylation sites is 1. The summed E-state index contributed by atoms with van der Waals surface area (Å²) in [7, 11) is -3.37. The van der Waals surface area contributed by atoms with E-state index in [1.165, 1.54) is 4.31 Å². The molecule has 0 unspecified atom stereocenters. The molecule has 1 N–H and O–H groups in total. The van der Waals surface area contributed by atoms with Gasteiger partial charge in [0.05, 0.1) is 12.4 Å². The number of amides is 1. The Hall–Kier alpha value is -2.38. The maximum Gasteiger partial charge on any atom is 0.223 e. The number of carbonyl (C=O) groups is 1. The maximum absolute atomic E-state index is 12.8. The van der Waals surface area contributed by atoms with E-state index in [1.807, 2.05) is 56.3 Å². The van der Waals surface area contributed by atoms with Gasteiger partial charge in [-0.2, -0.15) is 0 Å². The minimum atomic E-state index is -3.37. The molecule has 0 aliphatic carbocycles. The lowest BCUT2D eigenvalue weighted by molar-refractivity contribution is -0.126. The topological polar surface area (TPSA) is 75.7 Å². The molecule has 174 valence electrons. The Morgan fingerprint density at radius 1 is 1.09 bits per heavy atom. The molecule has 7 heteroatoms. The van der Waals surface area contributed by atoms with Crippen molar-refractivity contribution < 1.29 is 17.9 Å². The Bertz CT molecular complexity index is 981.